The van der Waals surface area contributed by atoms with Gasteiger partial charge in [0.2, 0.25) is 0 Å². The van der Waals surface area contributed by atoms with Gasteiger partial charge in [0.1, 0.15) is 0 Å². The highest BCUT2D eigenvalue weighted by atomic mass is 16.5. The molecule has 0 bridgehead atoms. The summed E-state index contributed by atoms with van der Waals surface area (Å²) in [6, 6.07) is 0. The lowest BCUT2D eigenvalue weighted by molar-refractivity contribution is -0.141. The van der Waals surface area contributed by atoms with Crippen LogP contribution in [-0.2, 0) is 9.53 Å². The number of rotatable bonds is 15. The highest BCUT2D eigenvalue weighted by molar-refractivity contribution is 5.69. The minimum Gasteiger partial charge on any atom is -0.481 e. The molecule has 1 aliphatic carbocycles. The normalized spacial score (nSPS) is 27.1. The Morgan fingerprint density at radius 1 is 1.10 bits per heavy atom. The summed E-state index contributed by atoms with van der Waals surface area (Å²) < 4.78 is 5.69. The van der Waals surface area contributed by atoms with Gasteiger partial charge in [-0.05, 0) is 49.4 Å². The van der Waals surface area contributed by atoms with Gasteiger partial charge < -0.3 is 20.1 Å². The van der Waals surface area contributed by atoms with Gasteiger partial charge in [0.25, 0.3) is 0 Å². The Hall–Kier alpha value is -0.650. The van der Waals surface area contributed by atoms with E-state index in [4.69, 9.17) is 9.84 Å². The van der Waals surface area contributed by atoms with Gasteiger partial charge >= 0.3 is 5.97 Å². The Morgan fingerprint density at radius 3 is 2.38 bits per heavy atom. The van der Waals surface area contributed by atoms with E-state index in [2.05, 4.69) is 20.8 Å². The Morgan fingerprint density at radius 2 is 1.79 bits per heavy atom. The van der Waals surface area contributed by atoms with Crippen LogP contribution in [0.3, 0.4) is 0 Å². The lowest BCUT2D eigenvalue weighted by Gasteiger charge is -2.33. The van der Waals surface area contributed by atoms with E-state index in [0.717, 1.165) is 57.8 Å². The first-order chi connectivity index (χ1) is 13.6. The van der Waals surface area contributed by atoms with Crippen LogP contribution in [0, 0.1) is 23.2 Å². The third-order valence-electron chi connectivity index (χ3n) is 7.24. The number of ether oxygens (including phenoxy) is 1. The molecule has 0 aromatic rings. The predicted octanol–water partition coefficient (Wildman–Crippen LogP) is 5.03. The van der Waals surface area contributed by atoms with Crippen LogP contribution < -0.4 is 0 Å². The molecule has 6 atom stereocenters. The van der Waals surface area contributed by atoms with Gasteiger partial charge in [-0.25, -0.2) is 0 Å². The highest BCUT2D eigenvalue weighted by Crippen LogP contribution is 2.42. The smallest absolute Gasteiger partial charge is 0.306 e. The summed E-state index contributed by atoms with van der Waals surface area (Å²) in [4.78, 5) is 10.9. The molecule has 5 nitrogen and oxygen atoms in total. The molecule has 1 rings (SSSR count). The highest BCUT2D eigenvalue weighted by Gasteiger charge is 2.42. The molecule has 0 aromatic carbocycles. The van der Waals surface area contributed by atoms with Gasteiger partial charge in [-0.15, -0.1) is 0 Å². The van der Waals surface area contributed by atoms with Crippen molar-refractivity contribution in [1.29, 1.82) is 0 Å². The minimum atomic E-state index is -0.723. The molecule has 3 N–H and O–H groups in total. The third kappa shape index (κ3) is 8.55. The molecular formula is C24H46O5. The topological polar surface area (TPSA) is 87.0 Å². The summed E-state index contributed by atoms with van der Waals surface area (Å²) >= 11 is 0. The van der Waals surface area contributed by atoms with E-state index in [-0.39, 0.29) is 41.5 Å². The van der Waals surface area contributed by atoms with Crippen LogP contribution in [0.4, 0.5) is 0 Å². The molecule has 0 heterocycles. The Bertz CT molecular complexity index is 464. The van der Waals surface area contributed by atoms with E-state index in [1.54, 1.807) is 14.0 Å². The molecular weight excluding hydrogens is 368 g/mol. The minimum absolute atomic E-state index is 0.0630. The van der Waals surface area contributed by atoms with Gasteiger partial charge in [-0.3, -0.25) is 4.79 Å². The number of carboxylic acids is 1. The first-order valence-electron chi connectivity index (χ1n) is 11.8. The van der Waals surface area contributed by atoms with Crippen molar-refractivity contribution in [3.05, 3.63) is 0 Å². The monoisotopic (exact) mass is 414 g/mol. The fraction of sp³-hybridized carbons (Fsp3) is 0.958. The summed E-state index contributed by atoms with van der Waals surface area (Å²) in [5, 5.41) is 30.3. The maximum atomic E-state index is 10.9. The van der Waals surface area contributed by atoms with Crippen molar-refractivity contribution >= 4 is 5.97 Å². The molecule has 1 fully saturated rings. The van der Waals surface area contributed by atoms with Gasteiger partial charge in [0, 0.05) is 13.5 Å². The summed E-state index contributed by atoms with van der Waals surface area (Å²) in [5.74, 6) is -0.512. The number of carbonyl (C=O) groups is 1. The van der Waals surface area contributed by atoms with Crippen molar-refractivity contribution < 1.29 is 24.9 Å². The number of carboxylic acid groups (broad SMARTS) is 1. The van der Waals surface area contributed by atoms with Crippen LogP contribution in [0.15, 0.2) is 0 Å². The lowest BCUT2D eigenvalue weighted by atomic mass is 9.77. The van der Waals surface area contributed by atoms with E-state index >= 15 is 0 Å². The second kappa shape index (κ2) is 12.9. The second-order valence-corrected chi connectivity index (χ2v) is 9.97. The average molecular weight is 415 g/mol. The summed E-state index contributed by atoms with van der Waals surface area (Å²) in [6.45, 7) is 8.24. The van der Waals surface area contributed by atoms with Crippen LogP contribution in [0.1, 0.15) is 98.3 Å². The summed E-state index contributed by atoms with van der Waals surface area (Å²) in [6.07, 6.45) is 9.59. The SMILES string of the molecule is CCCCC(C)(C)C(O)CC[C@@H]1[C@@H](CCCCCC(C)C(=O)O)[C@@H](O)C[C@H]1OC. The molecule has 2 unspecified atom stereocenters. The molecule has 1 aliphatic rings. The standard InChI is InChI=1S/C24H46O5/c1-6-7-15-24(3,4)22(26)14-13-19-18(20(25)16-21(19)29-5)12-10-8-9-11-17(2)23(27)28/h17-22,25-26H,6-16H2,1-5H3,(H,27,28)/t17?,18-,19-,20+,21-,22?/m1/s1. The van der Waals surface area contributed by atoms with E-state index in [1.165, 1.54) is 0 Å². The van der Waals surface area contributed by atoms with Gasteiger partial charge in [-0.2, -0.15) is 0 Å². The van der Waals surface area contributed by atoms with Crippen LogP contribution in [0.2, 0.25) is 0 Å². The maximum Gasteiger partial charge on any atom is 0.306 e. The van der Waals surface area contributed by atoms with Gasteiger partial charge in [-0.1, -0.05) is 59.8 Å². The van der Waals surface area contributed by atoms with Crippen molar-refractivity contribution in [3.63, 3.8) is 0 Å². The van der Waals surface area contributed by atoms with Crippen molar-refractivity contribution in [2.75, 3.05) is 7.11 Å². The first kappa shape index (κ1) is 26.4. The summed E-state index contributed by atoms with van der Waals surface area (Å²) in [7, 11) is 1.72. The second-order valence-electron chi connectivity index (χ2n) is 9.97. The van der Waals surface area contributed by atoms with E-state index < -0.39 is 5.97 Å². The van der Waals surface area contributed by atoms with Crippen LogP contribution in [-0.4, -0.2) is 46.7 Å². The zero-order valence-electron chi connectivity index (χ0n) is 19.4. The van der Waals surface area contributed by atoms with Crippen molar-refractivity contribution in [1.82, 2.24) is 0 Å². The molecule has 172 valence electrons. The molecule has 0 radical (unpaired) electrons. The van der Waals surface area contributed by atoms with Crippen molar-refractivity contribution in [3.8, 4) is 0 Å². The molecule has 1 saturated carbocycles. The molecule has 0 aliphatic heterocycles. The molecule has 0 amide bonds. The number of hydrogen-bond donors (Lipinski definition) is 3. The van der Waals surface area contributed by atoms with E-state index in [0.29, 0.717) is 12.8 Å². The van der Waals surface area contributed by atoms with Crippen LogP contribution >= 0.6 is 0 Å². The maximum absolute atomic E-state index is 10.9. The molecule has 0 aromatic heterocycles. The number of aliphatic hydroxyl groups excluding tert-OH is 2. The van der Waals surface area contributed by atoms with E-state index in [9.17, 15) is 15.0 Å². The Labute approximate surface area is 178 Å². The number of aliphatic carboxylic acids is 1. The van der Waals surface area contributed by atoms with Crippen molar-refractivity contribution in [2.45, 2.75) is 117 Å². The van der Waals surface area contributed by atoms with Crippen LogP contribution in [0.5, 0.6) is 0 Å². The zero-order chi connectivity index (χ0) is 22.0. The van der Waals surface area contributed by atoms with Crippen molar-refractivity contribution in [2.24, 2.45) is 23.2 Å². The molecule has 0 spiro atoms. The largest absolute Gasteiger partial charge is 0.481 e. The Kier molecular flexibility index (Phi) is 11.7. The summed E-state index contributed by atoms with van der Waals surface area (Å²) in [5.41, 5.74) is -0.0773. The average Bonchev–Trinajstić information content (AvgIpc) is 2.98. The number of aliphatic hydroxyl groups is 2. The molecule has 29 heavy (non-hydrogen) atoms. The predicted molar refractivity (Wildman–Crippen MR) is 117 cm³/mol. The quantitative estimate of drug-likeness (QED) is 0.327. The van der Waals surface area contributed by atoms with Gasteiger partial charge in [0.05, 0.1) is 24.2 Å². The first-order valence-corrected chi connectivity index (χ1v) is 11.8. The zero-order valence-corrected chi connectivity index (χ0v) is 19.4. The lowest BCUT2D eigenvalue weighted by Crippen LogP contribution is -2.31. The number of unbranched alkanes of at least 4 members (excludes halogenated alkanes) is 3. The molecule has 0 saturated heterocycles. The fourth-order valence-electron chi connectivity index (χ4n) is 4.90. The number of methoxy groups -OCH3 is 1. The molecule has 5 heteroatoms. The number of hydrogen-bond acceptors (Lipinski definition) is 4. The van der Waals surface area contributed by atoms with E-state index in [1.807, 2.05) is 0 Å². The third-order valence-corrected chi connectivity index (χ3v) is 7.24. The van der Waals surface area contributed by atoms with Crippen LogP contribution in [0.25, 0.3) is 0 Å². The fourth-order valence-corrected chi connectivity index (χ4v) is 4.90. The van der Waals surface area contributed by atoms with Gasteiger partial charge in [0.15, 0.2) is 0 Å². The Balaban J connectivity index is 2.52.